The molecule has 13 heavy (non-hydrogen) atoms. The molecule has 0 atom stereocenters. The summed E-state index contributed by atoms with van der Waals surface area (Å²) in [6, 6.07) is 12.8. The smallest absolute Gasteiger partial charge is 0 e. The Morgan fingerprint density at radius 1 is 1.08 bits per heavy atom. The average molecular weight is 381 g/mol. The van der Waals surface area contributed by atoms with Crippen LogP contribution in [0.1, 0.15) is 5.56 Å². The molecule has 0 bridgehead atoms. The van der Waals surface area contributed by atoms with Crippen molar-refractivity contribution in [3.63, 3.8) is 0 Å². The second-order valence-electron chi connectivity index (χ2n) is 2.60. The van der Waals surface area contributed by atoms with E-state index in [0.29, 0.717) is 0 Å². The van der Waals surface area contributed by atoms with Gasteiger partial charge in [0, 0.05) is 25.8 Å². The van der Waals surface area contributed by atoms with Gasteiger partial charge in [-0.25, -0.2) is 0 Å². The van der Waals surface area contributed by atoms with Gasteiger partial charge in [0.2, 0.25) is 0 Å². The molecule has 0 spiro atoms. The zero-order valence-corrected chi connectivity index (χ0v) is 12.5. The normalized spacial score (nSPS) is 8.08. The summed E-state index contributed by atoms with van der Waals surface area (Å²) in [5, 5.41) is 2.72. The quantitative estimate of drug-likeness (QED) is 0.483. The SMILES string of the molecule is Cc1cccc2[cH-]ccc12.Cl.Cl.[Hf]. The monoisotopic (exact) mass is 381 g/mol. The predicted octanol–water partition coefficient (Wildman–Crippen LogP) is 3.71. The summed E-state index contributed by atoms with van der Waals surface area (Å²) in [5.41, 5.74) is 1.36. The van der Waals surface area contributed by atoms with Crippen LogP contribution < -0.4 is 0 Å². The van der Waals surface area contributed by atoms with Crippen LogP contribution in [0, 0.1) is 6.92 Å². The second kappa shape index (κ2) is 6.69. The van der Waals surface area contributed by atoms with Crippen LogP contribution in [0.25, 0.3) is 10.8 Å². The summed E-state index contributed by atoms with van der Waals surface area (Å²) in [5.74, 6) is 0. The van der Waals surface area contributed by atoms with Gasteiger partial charge in [-0.05, 0) is 6.92 Å². The summed E-state index contributed by atoms with van der Waals surface area (Å²) in [6.45, 7) is 2.14. The summed E-state index contributed by atoms with van der Waals surface area (Å²) in [7, 11) is 0. The molecule has 0 radical (unpaired) electrons. The van der Waals surface area contributed by atoms with Crippen molar-refractivity contribution in [1.29, 1.82) is 0 Å². The summed E-state index contributed by atoms with van der Waals surface area (Å²) in [4.78, 5) is 0. The molecule has 2 aromatic rings. The summed E-state index contributed by atoms with van der Waals surface area (Å²) in [6.07, 6.45) is 0. The summed E-state index contributed by atoms with van der Waals surface area (Å²) < 4.78 is 0. The Kier molecular flexibility index (Phi) is 8.10. The molecule has 0 amide bonds. The van der Waals surface area contributed by atoms with E-state index >= 15 is 0 Å². The van der Waals surface area contributed by atoms with Gasteiger partial charge >= 0.3 is 0 Å². The fourth-order valence-electron chi connectivity index (χ4n) is 1.32. The molecule has 0 fully saturated rings. The van der Waals surface area contributed by atoms with Crippen molar-refractivity contribution in [3.05, 3.63) is 42.0 Å². The molecule has 0 aliphatic rings. The third kappa shape index (κ3) is 3.16. The van der Waals surface area contributed by atoms with E-state index in [1.165, 1.54) is 16.3 Å². The van der Waals surface area contributed by atoms with Crippen molar-refractivity contribution >= 4 is 35.6 Å². The van der Waals surface area contributed by atoms with Crippen molar-refractivity contribution in [2.75, 3.05) is 0 Å². The van der Waals surface area contributed by atoms with Crippen LogP contribution >= 0.6 is 24.8 Å². The minimum absolute atomic E-state index is 0. The first-order valence-corrected chi connectivity index (χ1v) is 3.49. The Hall–Kier alpha value is 0.280. The van der Waals surface area contributed by atoms with Crippen molar-refractivity contribution in [3.8, 4) is 0 Å². The van der Waals surface area contributed by atoms with Gasteiger partial charge in [0.25, 0.3) is 0 Å². The Bertz CT molecular complexity index is 354. The maximum Gasteiger partial charge on any atom is 0 e. The van der Waals surface area contributed by atoms with Gasteiger partial charge in [-0.1, -0.05) is 11.6 Å². The molecule has 0 saturated carbocycles. The Labute approximate surface area is 110 Å². The first-order valence-electron chi connectivity index (χ1n) is 3.49. The molecule has 0 unspecified atom stereocenters. The Morgan fingerprint density at radius 3 is 2.38 bits per heavy atom. The van der Waals surface area contributed by atoms with Crippen LogP contribution in [-0.4, -0.2) is 0 Å². The van der Waals surface area contributed by atoms with Gasteiger partial charge in [-0.3, -0.25) is 0 Å². The first kappa shape index (κ1) is 15.7. The van der Waals surface area contributed by atoms with E-state index in [-0.39, 0.29) is 50.7 Å². The molecule has 0 nitrogen and oxygen atoms in total. The molecule has 0 N–H and O–H groups in total. The molecule has 0 heterocycles. The number of fused-ring (bicyclic) bond motifs is 1. The van der Waals surface area contributed by atoms with Crippen LogP contribution in [-0.2, 0) is 25.8 Å². The number of aryl methyl sites for hydroxylation is 1. The van der Waals surface area contributed by atoms with E-state index in [1.54, 1.807) is 0 Å². The maximum absolute atomic E-state index is 2.16. The van der Waals surface area contributed by atoms with Crippen LogP contribution in [0.5, 0.6) is 0 Å². The van der Waals surface area contributed by atoms with E-state index < -0.39 is 0 Å². The minimum Gasteiger partial charge on any atom is -0.168 e. The van der Waals surface area contributed by atoms with Gasteiger partial charge in [-0.2, -0.15) is 12.1 Å². The van der Waals surface area contributed by atoms with Crippen LogP contribution in [0.15, 0.2) is 36.4 Å². The number of benzene rings is 1. The van der Waals surface area contributed by atoms with Gasteiger partial charge in [0.15, 0.2) is 0 Å². The van der Waals surface area contributed by atoms with E-state index in [1.807, 2.05) is 0 Å². The second-order valence-corrected chi connectivity index (χ2v) is 2.60. The van der Waals surface area contributed by atoms with Crippen molar-refractivity contribution < 1.29 is 25.8 Å². The molecule has 0 aliphatic carbocycles. The third-order valence-electron chi connectivity index (χ3n) is 1.90. The minimum atomic E-state index is 0. The zero-order chi connectivity index (χ0) is 6.97. The van der Waals surface area contributed by atoms with Gasteiger partial charge < -0.3 is 0 Å². The average Bonchev–Trinajstić information content (AvgIpc) is 2.36. The van der Waals surface area contributed by atoms with E-state index in [2.05, 4.69) is 43.3 Å². The fourth-order valence-corrected chi connectivity index (χ4v) is 1.32. The number of halogens is 2. The van der Waals surface area contributed by atoms with Gasteiger partial charge in [0.05, 0.1) is 0 Å². The molecular formula is C10H11Cl2Hf-. The molecule has 2 aromatic carbocycles. The van der Waals surface area contributed by atoms with E-state index in [9.17, 15) is 0 Å². The molecule has 3 heteroatoms. The molecule has 0 aromatic heterocycles. The zero-order valence-electron chi connectivity index (χ0n) is 7.28. The fraction of sp³-hybridized carbons (Fsp3) is 0.100. The van der Waals surface area contributed by atoms with Crippen LogP contribution in [0.2, 0.25) is 0 Å². The molecule has 2 rings (SSSR count). The summed E-state index contributed by atoms with van der Waals surface area (Å²) >= 11 is 0. The predicted molar refractivity (Wildman–Crippen MR) is 58.8 cm³/mol. The van der Waals surface area contributed by atoms with Crippen molar-refractivity contribution in [2.45, 2.75) is 6.92 Å². The Balaban J connectivity index is 0. The van der Waals surface area contributed by atoms with Crippen LogP contribution in [0.4, 0.5) is 0 Å². The number of hydrogen-bond donors (Lipinski definition) is 0. The molecule has 0 saturated heterocycles. The molecule has 0 aliphatic heterocycles. The van der Waals surface area contributed by atoms with Gasteiger partial charge in [0.1, 0.15) is 0 Å². The van der Waals surface area contributed by atoms with E-state index in [0.717, 1.165) is 0 Å². The van der Waals surface area contributed by atoms with Crippen molar-refractivity contribution in [2.24, 2.45) is 0 Å². The largest absolute Gasteiger partial charge is 0.168 e. The molecule has 70 valence electrons. The van der Waals surface area contributed by atoms with E-state index in [4.69, 9.17) is 0 Å². The van der Waals surface area contributed by atoms with Crippen LogP contribution in [0.3, 0.4) is 0 Å². The number of hydrogen-bond acceptors (Lipinski definition) is 0. The topological polar surface area (TPSA) is 0 Å². The Morgan fingerprint density at radius 2 is 1.77 bits per heavy atom. The van der Waals surface area contributed by atoms with Crippen molar-refractivity contribution in [1.82, 2.24) is 0 Å². The first-order chi connectivity index (χ1) is 4.88. The standard InChI is InChI=1S/C10H9.2ClH.Hf/c1-8-4-2-5-9-6-3-7-10(8)9;;;/h2-7H,1H3;2*1H;/q-1;;;. The maximum atomic E-state index is 2.16. The van der Waals surface area contributed by atoms with Gasteiger partial charge in [-0.15, -0.1) is 53.8 Å². The molecular weight excluding hydrogens is 370 g/mol. The number of rotatable bonds is 0. The third-order valence-corrected chi connectivity index (χ3v) is 1.90.